The average Bonchev–Trinajstić information content (AvgIpc) is 2.29. The molecule has 46 valence electrons. The van der Waals surface area contributed by atoms with Gasteiger partial charge in [0.25, 0.3) is 0 Å². The van der Waals surface area contributed by atoms with Gasteiger partial charge in [0.15, 0.2) is 0 Å². The van der Waals surface area contributed by atoms with Crippen LogP contribution in [0.4, 0.5) is 4.39 Å². The highest BCUT2D eigenvalue weighted by Gasteiger charge is 2.55. The Morgan fingerprint density at radius 1 is 1.25 bits per heavy atom. The van der Waals surface area contributed by atoms with Crippen molar-refractivity contribution in [1.82, 2.24) is 0 Å². The molecule has 0 amide bonds. The van der Waals surface area contributed by atoms with Crippen molar-refractivity contribution in [2.45, 2.75) is 25.9 Å². The van der Waals surface area contributed by atoms with Gasteiger partial charge >= 0.3 is 0 Å². The SMILES string of the molecule is CC1CC2C(F)C2C1. The standard InChI is InChI=1S/C7H11F/c1-4-2-5-6(3-4)7(5)8/h4-7H,2-3H2,1H3. The third-order valence-corrected chi connectivity index (χ3v) is 2.58. The van der Waals surface area contributed by atoms with Crippen LogP contribution in [0, 0.1) is 17.8 Å². The normalized spacial score (nSPS) is 60.8. The molecule has 1 heteroatoms. The zero-order chi connectivity index (χ0) is 5.72. The first kappa shape index (κ1) is 4.78. The minimum atomic E-state index is -0.397. The molecule has 0 aromatic rings. The summed E-state index contributed by atoms with van der Waals surface area (Å²) in [7, 11) is 0. The molecular formula is C7H11F. The summed E-state index contributed by atoms with van der Waals surface area (Å²) in [6, 6.07) is 0. The molecule has 0 saturated heterocycles. The zero-order valence-corrected chi connectivity index (χ0v) is 5.10. The fraction of sp³-hybridized carbons (Fsp3) is 1.00. The molecule has 2 aliphatic carbocycles. The predicted molar refractivity (Wildman–Crippen MR) is 30.3 cm³/mol. The summed E-state index contributed by atoms with van der Waals surface area (Å²) in [6.07, 6.45) is 1.92. The second kappa shape index (κ2) is 1.26. The second-order valence-electron chi connectivity index (χ2n) is 3.35. The van der Waals surface area contributed by atoms with E-state index in [2.05, 4.69) is 6.92 Å². The van der Waals surface area contributed by atoms with E-state index in [4.69, 9.17) is 0 Å². The van der Waals surface area contributed by atoms with E-state index in [1.165, 1.54) is 0 Å². The Morgan fingerprint density at radius 2 is 1.75 bits per heavy atom. The Hall–Kier alpha value is -0.0700. The number of halogens is 1. The van der Waals surface area contributed by atoms with Crippen LogP contribution in [0.2, 0.25) is 0 Å². The van der Waals surface area contributed by atoms with E-state index in [0.29, 0.717) is 11.8 Å². The quantitative estimate of drug-likeness (QED) is 0.452. The maximum atomic E-state index is 12.4. The predicted octanol–water partition coefficient (Wildman–Crippen LogP) is 2.00. The van der Waals surface area contributed by atoms with Crippen molar-refractivity contribution >= 4 is 0 Å². The summed E-state index contributed by atoms with van der Waals surface area (Å²) >= 11 is 0. The lowest BCUT2D eigenvalue weighted by Gasteiger charge is -2.01. The van der Waals surface area contributed by atoms with Crippen LogP contribution < -0.4 is 0 Å². The molecule has 0 aromatic carbocycles. The fourth-order valence-electron chi connectivity index (χ4n) is 2.03. The highest BCUT2D eigenvalue weighted by Crippen LogP contribution is 2.56. The van der Waals surface area contributed by atoms with Gasteiger partial charge in [-0.1, -0.05) is 6.92 Å². The molecule has 0 aliphatic heterocycles. The van der Waals surface area contributed by atoms with E-state index in [-0.39, 0.29) is 0 Å². The molecular weight excluding hydrogens is 103 g/mol. The summed E-state index contributed by atoms with van der Waals surface area (Å²) in [4.78, 5) is 0. The van der Waals surface area contributed by atoms with Crippen molar-refractivity contribution in [3.8, 4) is 0 Å². The van der Waals surface area contributed by atoms with Crippen LogP contribution in [0.25, 0.3) is 0 Å². The van der Waals surface area contributed by atoms with Crippen LogP contribution in [0.1, 0.15) is 19.8 Å². The molecule has 0 nitrogen and oxygen atoms in total. The number of rotatable bonds is 0. The van der Waals surface area contributed by atoms with E-state index in [1.54, 1.807) is 0 Å². The summed E-state index contributed by atoms with van der Waals surface area (Å²) in [5.74, 6) is 1.80. The molecule has 0 aromatic heterocycles. The molecule has 2 fully saturated rings. The first-order chi connectivity index (χ1) is 3.79. The van der Waals surface area contributed by atoms with Gasteiger partial charge in [0, 0.05) is 0 Å². The Morgan fingerprint density at radius 3 is 2.12 bits per heavy atom. The lowest BCUT2D eigenvalue weighted by atomic mass is 10.1. The summed E-state index contributed by atoms with van der Waals surface area (Å²) in [5, 5.41) is 0. The lowest BCUT2D eigenvalue weighted by molar-refractivity contribution is 0.364. The Kier molecular flexibility index (Phi) is 0.750. The van der Waals surface area contributed by atoms with Crippen molar-refractivity contribution < 1.29 is 4.39 Å². The van der Waals surface area contributed by atoms with Crippen molar-refractivity contribution in [3.05, 3.63) is 0 Å². The molecule has 2 aliphatic rings. The van der Waals surface area contributed by atoms with Gasteiger partial charge in [0.05, 0.1) is 0 Å². The second-order valence-corrected chi connectivity index (χ2v) is 3.35. The molecule has 2 atom stereocenters. The van der Waals surface area contributed by atoms with Gasteiger partial charge in [0.1, 0.15) is 6.17 Å². The number of hydrogen-bond acceptors (Lipinski definition) is 0. The highest BCUT2D eigenvalue weighted by molar-refractivity contribution is 5.03. The molecule has 0 N–H and O–H groups in total. The maximum Gasteiger partial charge on any atom is 0.106 e. The van der Waals surface area contributed by atoms with E-state index < -0.39 is 6.17 Å². The van der Waals surface area contributed by atoms with Crippen LogP contribution in [0.15, 0.2) is 0 Å². The van der Waals surface area contributed by atoms with E-state index in [0.717, 1.165) is 18.8 Å². The molecule has 0 heterocycles. The maximum absolute atomic E-state index is 12.4. The largest absolute Gasteiger partial charge is 0.247 e. The summed E-state index contributed by atoms with van der Waals surface area (Å²) in [6.45, 7) is 2.22. The van der Waals surface area contributed by atoms with E-state index in [1.807, 2.05) is 0 Å². The van der Waals surface area contributed by atoms with Crippen LogP contribution in [0.3, 0.4) is 0 Å². The van der Waals surface area contributed by atoms with Crippen LogP contribution >= 0.6 is 0 Å². The van der Waals surface area contributed by atoms with Crippen LogP contribution in [0.5, 0.6) is 0 Å². The van der Waals surface area contributed by atoms with Crippen molar-refractivity contribution in [3.63, 3.8) is 0 Å². The molecule has 8 heavy (non-hydrogen) atoms. The Labute approximate surface area is 49.1 Å². The fourth-order valence-corrected chi connectivity index (χ4v) is 2.03. The van der Waals surface area contributed by atoms with E-state index >= 15 is 0 Å². The van der Waals surface area contributed by atoms with Crippen molar-refractivity contribution in [2.75, 3.05) is 0 Å². The van der Waals surface area contributed by atoms with Gasteiger partial charge in [-0.15, -0.1) is 0 Å². The van der Waals surface area contributed by atoms with Crippen LogP contribution in [-0.4, -0.2) is 6.17 Å². The first-order valence-electron chi connectivity index (χ1n) is 3.43. The molecule has 2 saturated carbocycles. The number of fused-ring (bicyclic) bond motifs is 1. The Bertz CT molecular complexity index is 99.0. The van der Waals surface area contributed by atoms with Gasteiger partial charge in [-0.05, 0) is 30.6 Å². The van der Waals surface area contributed by atoms with Crippen molar-refractivity contribution in [2.24, 2.45) is 17.8 Å². The molecule has 0 bridgehead atoms. The highest BCUT2D eigenvalue weighted by atomic mass is 19.1. The van der Waals surface area contributed by atoms with Gasteiger partial charge in [0.2, 0.25) is 0 Å². The average molecular weight is 114 g/mol. The van der Waals surface area contributed by atoms with E-state index in [9.17, 15) is 4.39 Å². The van der Waals surface area contributed by atoms with Gasteiger partial charge in [-0.3, -0.25) is 0 Å². The third kappa shape index (κ3) is 0.448. The van der Waals surface area contributed by atoms with Gasteiger partial charge in [-0.2, -0.15) is 0 Å². The topological polar surface area (TPSA) is 0 Å². The van der Waals surface area contributed by atoms with Crippen molar-refractivity contribution in [1.29, 1.82) is 0 Å². The molecule has 2 rings (SSSR count). The number of alkyl halides is 1. The molecule has 0 radical (unpaired) electrons. The lowest BCUT2D eigenvalue weighted by Crippen LogP contribution is -1.94. The monoisotopic (exact) mass is 114 g/mol. The first-order valence-corrected chi connectivity index (χ1v) is 3.43. The summed E-state index contributed by atoms with van der Waals surface area (Å²) in [5.41, 5.74) is 0. The summed E-state index contributed by atoms with van der Waals surface area (Å²) < 4.78 is 12.4. The van der Waals surface area contributed by atoms with Crippen LogP contribution in [-0.2, 0) is 0 Å². The smallest absolute Gasteiger partial charge is 0.106 e. The molecule has 0 spiro atoms. The Balaban J connectivity index is 2.00. The minimum Gasteiger partial charge on any atom is -0.247 e. The molecule has 2 unspecified atom stereocenters. The van der Waals surface area contributed by atoms with Gasteiger partial charge < -0.3 is 0 Å². The third-order valence-electron chi connectivity index (χ3n) is 2.58. The number of hydrogen-bond donors (Lipinski definition) is 0. The van der Waals surface area contributed by atoms with Gasteiger partial charge in [-0.25, -0.2) is 4.39 Å². The minimum absolute atomic E-state index is 0.397. The zero-order valence-electron chi connectivity index (χ0n) is 5.10.